The second-order valence-electron chi connectivity index (χ2n) is 7.01. The Balaban J connectivity index is 1.60. The number of thiazole rings is 1. The number of benzene rings is 1. The van der Waals surface area contributed by atoms with E-state index >= 15 is 0 Å². The number of methoxy groups -OCH3 is 1. The molecule has 0 radical (unpaired) electrons. The molecule has 2 N–H and O–H groups in total. The molecule has 0 fully saturated rings. The Kier molecular flexibility index (Phi) is 7.55. The van der Waals surface area contributed by atoms with E-state index in [1.165, 1.54) is 11.3 Å². The van der Waals surface area contributed by atoms with E-state index in [0.717, 1.165) is 11.4 Å². The van der Waals surface area contributed by atoms with Gasteiger partial charge in [0.15, 0.2) is 0 Å². The largest absolute Gasteiger partial charge is 0.497 e. The number of amides is 3. The number of hydrogen-bond donors (Lipinski definition) is 2. The third-order valence-electron chi connectivity index (χ3n) is 4.47. The zero-order chi connectivity index (χ0) is 22.2. The van der Waals surface area contributed by atoms with Crippen molar-refractivity contribution in [2.45, 2.75) is 33.0 Å². The van der Waals surface area contributed by atoms with Gasteiger partial charge in [-0.1, -0.05) is 6.07 Å². The summed E-state index contributed by atoms with van der Waals surface area (Å²) in [5.41, 5.74) is 1.77. The molecule has 3 rings (SSSR count). The fraction of sp³-hybridized carbons (Fsp3) is 0.273. The Morgan fingerprint density at radius 1 is 1.16 bits per heavy atom. The van der Waals surface area contributed by atoms with Crippen LogP contribution in [0.2, 0.25) is 0 Å². The molecule has 31 heavy (non-hydrogen) atoms. The fourth-order valence-corrected chi connectivity index (χ4v) is 3.53. The molecule has 1 aromatic carbocycles. The number of carbonyl (C=O) groups is 2. The lowest BCUT2D eigenvalue weighted by molar-refractivity contribution is 0.0946. The monoisotopic (exact) mass is 439 g/mol. The number of ether oxygens (including phenoxy) is 1. The lowest BCUT2D eigenvalue weighted by Gasteiger charge is -2.26. The van der Waals surface area contributed by atoms with E-state index in [1.807, 2.05) is 32.0 Å². The first kappa shape index (κ1) is 22.2. The average Bonchev–Trinajstić information content (AvgIpc) is 3.25. The van der Waals surface area contributed by atoms with Crippen LogP contribution in [0.1, 0.15) is 35.0 Å². The van der Waals surface area contributed by atoms with Crippen molar-refractivity contribution in [1.29, 1.82) is 0 Å². The molecule has 2 aromatic heterocycles. The molecule has 2 heterocycles. The predicted octanol–water partition coefficient (Wildman–Crippen LogP) is 3.92. The fourth-order valence-electron chi connectivity index (χ4n) is 2.76. The Morgan fingerprint density at radius 2 is 1.94 bits per heavy atom. The van der Waals surface area contributed by atoms with E-state index in [0.29, 0.717) is 29.5 Å². The van der Waals surface area contributed by atoms with Crippen LogP contribution in [0, 0.1) is 0 Å². The number of rotatable bonds is 8. The van der Waals surface area contributed by atoms with Gasteiger partial charge in [0.2, 0.25) is 0 Å². The quantitative estimate of drug-likeness (QED) is 0.555. The van der Waals surface area contributed by atoms with Crippen molar-refractivity contribution < 1.29 is 14.3 Å². The number of nitrogens with zero attached hydrogens (tertiary/aromatic N) is 3. The highest BCUT2D eigenvalue weighted by Crippen LogP contribution is 2.18. The molecule has 0 saturated heterocycles. The van der Waals surface area contributed by atoms with Gasteiger partial charge in [-0.3, -0.25) is 9.78 Å². The molecule has 0 saturated carbocycles. The number of carbonyl (C=O) groups excluding carboxylic acids is 2. The Hall–Kier alpha value is -3.46. The second kappa shape index (κ2) is 10.5. The van der Waals surface area contributed by atoms with Gasteiger partial charge < -0.3 is 20.3 Å². The third-order valence-corrected chi connectivity index (χ3v) is 5.31. The molecular formula is C22H25N5O3S. The zero-order valence-electron chi connectivity index (χ0n) is 17.7. The second-order valence-corrected chi connectivity index (χ2v) is 7.95. The van der Waals surface area contributed by atoms with Gasteiger partial charge in [-0.2, -0.15) is 0 Å². The zero-order valence-corrected chi connectivity index (χ0v) is 18.5. The minimum Gasteiger partial charge on any atom is -0.497 e. The minimum absolute atomic E-state index is 0.0522. The van der Waals surface area contributed by atoms with Gasteiger partial charge in [0, 0.05) is 23.3 Å². The molecule has 3 aromatic rings. The first-order chi connectivity index (χ1) is 15.0. The van der Waals surface area contributed by atoms with Crippen molar-refractivity contribution in [2.75, 3.05) is 12.4 Å². The Labute approximate surface area is 185 Å². The minimum atomic E-state index is -0.271. The molecular weight excluding hydrogens is 414 g/mol. The van der Waals surface area contributed by atoms with Crippen LogP contribution in [-0.4, -0.2) is 40.0 Å². The van der Waals surface area contributed by atoms with Crippen LogP contribution in [0.3, 0.4) is 0 Å². The molecule has 3 amide bonds. The van der Waals surface area contributed by atoms with E-state index in [-0.39, 0.29) is 18.0 Å². The molecule has 0 aliphatic rings. The van der Waals surface area contributed by atoms with Crippen LogP contribution < -0.4 is 15.4 Å². The van der Waals surface area contributed by atoms with Crippen molar-refractivity contribution in [2.24, 2.45) is 0 Å². The summed E-state index contributed by atoms with van der Waals surface area (Å²) in [6.07, 6.45) is 1.68. The molecule has 8 nitrogen and oxygen atoms in total. The molecule has 162 valence electrons. The standard InChI is InChI=1S/C22H25N5O3S/c1-15(2)27(22(29)25-16-7-9-18(30-3)10-8-16)13-20-26-19(14-31-20)21(28)24-12-17-6-4-5-11-23-17/h4-11,14-15H,12-13H2,1-3H3,(H,24,28)(H,25,29). The SMILES string of the molecule is COc1ccc(NC(=O)N(Cc2nc(C(=O)NCc3ccccn3)cs2)C(C)C)cc1. The molecule has 0 spiro atoms. The summed E-state index contributed by atoms with van der Waals surface area (Å²) >= 11 is 1.35. The summed E-state index contributed by atoms with van der Waals surface area (Å²) < 4.78 is 5.14. The van der Waals surface area contributed by atoms with Gasteiger partial charge in [0.25, 0.3) is 5.91 Å². The van der Waals surface area contributed by atoms with Gasteiger partial charge in [0.05, 0.1) is 25.9 Å². The summed E-state index contributed by atoms with van der Waals surface area (Å²) in [4.78, 5) is 35.4. The normalized spacial score (nSPS) is 10.6. The number of urea groups is 1. The maximum Gasteiger partial charge on any atom is 0.322 e. The molecule has 0 unspecified atom stereocenters. The summed E-state index contributed by atoms with van der Waals surface area (Å²) in [6.45, 7) is 4.50. The summed E-state index contributed by atoms with van der Waals surface area (Å²) in [5, 5.41) is 8.07. The summed E-state index contributed by atoms with van der Waals surface area (Å²) in [6, 6.07) is 12.4. The number of anilines is 1. The molecule has 0 atom stereocenters. The van der Waals surface area contributed by atoms with Crippen LogP contribution >= 0.6 is 11.3 Å². The van der Waals surface area contributed by atoms with Gasteiger partial charge >= 0.3 is 6.03 Å². The highest BCUT2D eigenvalue weighted by Gasteiger charge is 2.20. The van der Waals surface area contributed by atoms with Crippen LogP contribution in [-0.2, 0) is 13.1 Å². The van der Waals surface area contributed by atoms with E-state index in [1.54, 1.807) is 47.9 Å². The van der Waals surface area contributed by atoms with Gasteiger partial charge in [-0.05, 0) is 50.2 Å². The van der Waals surface area contributed by atoms with E-state index in [4.69, 9.17) is 4.74 Å². The first-order valence-electron chi connectivity index (χ1n) is 9.80. The topological polar surface area (TPSA) is 96.5 Å². The Morgan fingerprint density at radius 3 is 2.58 bits per heavy atom. The lowest BCUT2D eigenvalue weighted by atomic mass is 10.3. The van der Waals surface area contributed by atoms with Crippen LogP contribution in [0.25, 0.3) is 0 Å². The van der Waals surface area contributed by atoms with E-state index < -0.39 is 0 Å². The van der Waals surface area contributed by atoms with Crippen molar-refractivity contribution in [3.8, 4) is 5.75 Å². The number of pyridine rings is 1. The molecule has 9 heteroatoms. The Bertz CT molecular complexity index is 1010. The maximum absolute atomic E-state index is 12.8. The number of aromatic nitrogens is 2. The first-order valence-corrected chi connectivity index (χ1v) is 10.7. The van der Waals surface area contributed by atoms with Crippen LogP contribution in [0.4, 0.5) is 10.5 Å². The van der Waals surface area contributed by atoms with E-state index in [9.17, 15) is 9.59 Å². The highest BCUT2D eigenvalue weighted by molar-refractivity contribution is 7.09. The van der Waals surface area contributed by atoms with Gasteiger partial charge in [-0.25, -0.2) is 9.78 Å². The van der Waals surface area contributed by atoms with Gasteiger partial charge in [0.1, 0.15) is 16.5 Å². The van der Waals surface area contributed by atoms with Crippen molar-refractivity contribution >= 4 is 29.0 Å². The molecule has 0 aliphatic heterocycles. The lowest BCUT2D eigenvalue weighted by Crippen LogP contribution is -2.39. The molecule has 0 bridgehead atoms. The third kappa shape index (κ3) is 6.26. The summed E-state index contributed by atoms with van der Waals surface area (Å²) in [7, 11) is 1.59. The van der Waals surface area contributed by atoms with Crippen molar-refractivity contribution in [3.05, 3.63) is 70.4 Å². The van der Waals surface area contributed by atoms with Crippen LogP contribution in [0.5, 0.6) is 5.75 Å². The maximum atomic E-state index is 12.8. The van der Waals surface area contributed by atoms with Crippen LogP contribution in [0.15, 0.2) is 54.0 Å². The highest BCUT2D eigenvalue weighted by atomic mass is 32.1. The molecule has 0 aliphatic carbocycles. The van der Waals surface area contributed by atoms with Crippen molar-refractivity contribution in [3.63, 3.8) is 0 Å². The van der Waals surface area contributed by atoms with Crippen molar-refractivity contribution in [1.82, 2.24) is 20.2 Å². The number of hydrogen-bond acceptors (Lipinski definition) is 6. The predicted molar refractivity (Wildman–Crippen MR) is 120 cm³/mol. The van der Waals surface area contributed by atoms with Gasteiger partial charge in [-0.15, -0.1) is 11.3 Å². The van der Waals surface area contributed by atoms with E-state index in [2.05, 4.69) is 20.6 Å². The smallest absolute Gasteiger partial charge is 0.322 e. The summed E-state index contributed by atoms with van der Waals surface area (Å²) in [5.74, 6) is 0.447. The number of nitrogens with one attached hydrogen (secondary N) is 2. The average molecular weight is 440 g/mol.